The molecule has 0 fully saturated rings. The van der Waals surface area contributed by atoms with Crippen LogP contribution in [0.4, 0.5) is 0 Å². The second kappa shape index (κ2) is 13.5. The molecule has 0 heterocycles. The molecule has 0 aliphatic carbocycles. The number of hydrogen-bond acceptors (Lipinski definition) is 2. The SMILES string of the molecule is CCCCCCCCCCCCCC(CC)[N+]([O-])(O)CC. The van der Waals surface area contributed by atoms with Crippen molar-refractivity contribution in [2.45, 2.75) is 110 Å². The van der Waals surface area contributed by atoms with Gasteiger partial charge in [0.2, 0.25) is 0 Å². The summed E-state index contributed by atoms with van der Waals surface area (Å²) >= 11 is 0. The second-order valence-electron chi connectivity index (χ2n) is 6.46. The number of hydrogen-bond donors (Lipinski definition) is 1. The van der Waals surface area contributed by atoms with Crippen LogP contribution >= 0.6 is 0 Å². The number of nitrogens with zero attached hydrogens (tertiary/aromatic N) is 1. The van der Waals surface area contributed by atoms with E-state index in [-0.39, 0.29) is 12.6 Å². The Morgan fingerprint density at radius 3 is 1.57 bits per heavy atom. The molecule has 0 aromatic heterocycles. The number of rotatable bonds is 15. The number of hydroxylamine groups is 4. The first-order valence-corrected chi connectivity index (χ1v) is 9.39. The zero-order chi connectivity index (χ0) is 16.0. The highest BCUT2D eigenvalue weighted by molar-refractivity contribution is 4.57. The first kappa shape index (κ1) is 20.9. The van der Waals surface area contributed by atoms with Crippen molar-refractivity contribution in [2.75, 3.05) is 6.54 Å². The van der Waals surface area contributed by atoms with Crippen LogP contribution in [0.15, 0.2) is 0 Å². The summed E-state index contributed by atoms with van der Waals surface area (Å²) in [6.45, 7) is 6.28. The molecule has 3 nitrogen and oxygen atoms in total. The summed E-state index contributed by atoms with van der Waals surface area (Å²) in [6.07, 6.45) is 16.2. The Kier molecular flexibility index (Phi) is 13.5. The van der Waals surface area contributed by atoms with E-state index in [0.29, 0.717) is 0 Å². The third kappa shape index (κ3) is 11.1. The van der Waals surface area contributed by atoms with Crippen LogP contribution in [0.1, 0.15) is 104 Å². The summed E-state index contributed by atoms with van der Waals surface area (Å²) < 4.78 is 0. The van der Waals surface area contributed by atoms with Gasteiger partial charge in [0.15, 0.2) is 0 Å². The summed E-state index contributed by atoms with van der Waals surface area (Å²) in [6, 6.07) is -0.131. The Labute approximate surface area is 132 Å². The molecule has 0 aromatic rings. The standard InChI is InChI=1S/C18H39NO2/c1-4-7-8-9-10-11-12-13-14-15-16-17-18(5-2)19(20,21)6-3/h18,20H,4-17H2,1-3H3. The Balaban J connectivity index is 3.39. The van der Waals surface area contributed by atoms with E-state index in [1.165, 1.54) is 64.2 Å². The predicted molar refractivity (Wildman–Crippen MR) is 91.1 cm³/mol. The molecule has 1 N–H and O–H groups in total. The zero-order valence-electron chi connectivity index (χ0n) is 14.8. The zero-order valence-corrected chi connectivity index (χ0v) is 14.8. The van der Waals surface area contributed by atoms with E-state index in [2.05, 4.69) is 6.92 Å². The fraction of sp³-hybridized carbons (Fsp3) is 1.00. The molecule has 3 heteroatoms. The van der Waals surface area contributed by atoms with Crippen LogP contribution in [0.3, 0.4) is 0 Å². The maximum atomic E-state index is 11.8. The van der Waals surface area contributed by atoms with Gasteiger partial charge in [-0.1, -0.05) is 78.1 Å². The lowest BCUT2D eigenvalue weighted by Crippen LogP contribution is -2.47. The fourth-order valence-electron chi connectivity index (χ4n) is 2.99. The van der Waals surface area contributed by atoms with Crippen LogP contribution in [0.5, 0.6) is 0 Å². The maximum Gasteiger partial charge on any atom is 0.118 e. The summed E-state index contributed by atoms with van der Waals surface area (Å²) in [4.78, 5) is -1.05. The van der Waals surface area contributed by atoms with E-state index in [9.17, 15) is 10.4 Å². The van der Waals surface area contributed by atoms with Gasteiger partial charge in [0.25, 0.3) is 0 Å². The van der Waals surface area contributed by atoms with Crippen LogP contribution in [0.25, 0.3) is 0 Å². The van der Waals surface area contributed by atoms with Crippen molar-refractivity contribution in [1.82, 2.24) is 0 Å². The number of quaternary nitrogens is 1. The van der Waals surface area contributed by atoms with Crippen molar-refractivity contribution in [3.8, 4) is 0 Å². The van der Waals surface area contributed by atoms with Gasteiger partial charge in [0.1, 0.15) is 12.6 Å². The molecule has 2 unspecified atom stereocenters. The highest BCUT2D eigenvalue weighted by Crippen LogP contribution is 2.19. The van der Waals surface area contributed by atoms with E-state index < -0.39 is 4.81 Å². The largest absolute Gasteiger partial charge is 0.598 e. The van der Waals surface area contributed by atoms with Gasteiger partial charge in [0, 0.05) is 6.42 Å². The van der Waals surface area contributed by atoms with Gasteiger partial charge in [-0.2, -0.15) is 0 Å². The second-order valence-corrected chi connectivity index (χ2v) is 6.46. The minimum atomic E-state index is -1.05. The monoisotopic (exact) mass is 301 g/mol. The Hall–Kier alpha value is -0.120. The van der Waals surface area contributed by atoms with E-state index >= 15 is 0 Å². The van der Waals surface area contributed by atoms with Crippen LogP contribution in [-0.4, -0.2) is 22.6 Å². The normalized spacial score (nSPS) is 15.9. The fourth-order valence-corrected chi connectivity index (χ4v) is 2.99. The lowest BCUT2D eigenvalue weighted by molar-refractivity contribution is -1.08. The lowest BCUT2D eigenvalue weighted by Gasteiger charge is -2.39. The van der Waals surface area contributed by atoms with Gasteiger partial charge in [-0.05, 0) is 19.8 Å². The molecule has 0 aliphatic rings. The average molecular weight is 302 g/mol. The molecule has 0 bridgehead atoms. The minimum Gasteiger partial charge on any atom is -0.598 e. The quantitative estimate of drug-likeness (QED) is 0.223. The van der Waals surface area contributed by atoms with Gasteiger partial charge in [-0.25, -0.2) is 10.0 Å². The molecule has 0 saturated heterocycles. The van der Waals surface area contributed by atoms with Gasteiger partial charge in [-0.15, -0.1) is 0 Å². The van der Waals surface area contributed by atoms with Gasteiger partial charge >= 0.3 is 0 Å². The summed E-state index contributed by atoms with van der Waals surface area (Å²) in [7, 11) is 0. The first-order valence-electron chi connectivity index (χ1n) is 9.39. The molecular weight excluding hydrogens is 262 g/mol. The molecule has 0 aromatic carbocycles. The van der Waals surface area contributed by atoms with E-state index in [1.54, 1.807) is 6.92 Å². The molecular formula is C18H39NO2. The van der Waals surface area contributed by atoms with E-state index in [0.717, 1.165) is 19.3 Å². The molecule has 128 valence electrons. The van der Waals surface area contributed by atoms with E-state index in [4.69, 9.17) is 0 Å². The third-order valence-corrected chi connectivity index (χ3v) is 4.64. The molecule has 0 amide bonds. The van der Waals surface area contributed by atoms with E-state index in [1.807, 2.05) is 6.92 Å². The molecule has 0 radical (unpaired) electrons. The predicted octanol–water partition coefficient (Wildman–Crippen LogP) is 6.19. The van der Waals surface area contributed by atoms with Crippen LogP contribution in [0, 0.1) is 5.21 Å². The van der Waals surface area contributed by atoms with Gasteiger partial charge in [-0.3, -0.25) is 0 Å². The van der Waals surface area contributed by atoms with Crippen molar-refractivity contribution in [2.24, 2.45) is 0 Å². The Morgan fingerprint density at radius 2 is 1.19 bits per heavy atom. The topological polar surface area (TPSA) is 43.3 Å². The van der Waals surface area contributed by atoms with Crippen molar-refractivity contribution in [3.05, 3.63) is 5.21 Å². The summed E-state index contributed by atoms with van der Waals surface area (Å²) in [5, 5.41) is 21.5. The smallest absolute Gasteiger partial charge is 0.118 e. The van der Waals surface area contributed by atoms with Gasteiger partial charge < -0.3 is 5.21 Å². The molecule has 0 saturated carbocycles. The van der Waals surface area contributed by atoms with Crippen LogP contribution in [-0.2, 0) is 0 Å². The van der Waals surface area contributed by atoms with Gasteiger partial charge in [0.05, 0.1) is 0 Å². The lowest BCUT2D eigenvalue weighted by atomic mass is 10.0. The van der Waals surface area contributed by atoms with Crippen molar-refractivity contribution in [3.63, 3.8) is 0 Å². The molecule has 21 heavy (non-hydrogen) atoms. The maximum absolute atomic E-state index is 11.8. The molecule has 0 aliphatic heterocycles. The Bertz CT molecular complexity index is 219. The minimum absolute atomic E-state index is 0.131. The highest BCUT2D eigenvalue weighted by Gasteiger charge is 2.23. The van der Waals surface area contributed by atoms with Crippen molar-refractivity contribution < 1.29 is 10.0 Å². The first-order chi connectivity index (χ1) is 10.1. The Morgan fingerprint density at radius 1 is 0.762 bits per heavy atom. The third-order valence-electron chi connectivity index (χ3n) is 4.64. The summed E-state index contributed by atoms with van der Waals surface area (Å²) in [5.41, 5.74) is 0. The molecule has 0 rings (SSSR count). The molecule has 0 spiro atoms. The summed E-state index contributed by atoms with van der Waals surface area (Å²) in [5.74, 6) is 0. The molecule has 2 atom stereocenters. The van der Waals surface area contributed by atoms with Crippen LogP contribution < -0.4 is 0 Å². The van der Waals surface area contributed by atoms with Crippen molar-refractivity contribution in [1.29, 1.82) is 0 Å². The number of unbranched alkanes of at least 4 members (excludes halogenated alkanes) is 10. The van der Waals surface area contributed by atoms with Crippen molar-refractivity contribution >= 4 is 0 Å². The van der Waals surface area contributed by atoms with Crippen LogP contribution in [0.2, 0.25) is 0 Å². The highest BCUT2D eigenvalue weighted by atomic mass is 16.8. The average Bonchev–Trinajstić information content (AvgIpc) is 2.48.